The first-order valence-corrected chi connectivity index (χ1v) is 7.22. The van der Waals surface area contributed by atoms with Crippen molar-refractivity contribution in [1.29, 1.82) is 0 Å². The van der Waals surface area contributed by atoms with Gasteiger partial charge >= 0.3 is 0 Å². The van der Waals surface area contributed by atoms with Gasteiger partial charge in [-0.15, -0.1) is 5.10 Å². The molecular weight excluding hydrogens is 290 g/mol. The van der Waals surface area contributed by atoms with Gasteiger partial charge in [-0.25, -0.2) is 18.4 Å². The van der Waals surface area contributed by atoms with Crippen LogP contribution in [0.25, 0.3) is 0 Å². The molecule has 0 spiro atoms. The van der Waals surface area contributed by atoms with Gasteiger partial charge in [-0.2, -0.15) is 0 Å². The summed E-state index contributed by atoms with van der Waals surface area (Å²) in [5, 5.41) is 4.18. The zero-order chi connectivity index (χ0) is 15.3. The van der Waals surface area contributed by atoms with Crippen molar-refractivity contribution in [3.63, 3.8) is 0 Å². The number of benzene rings is 1. The molecule has 114 valence electrons. The summed E-state index contributed by atoms with van der Waals surface area (Å²) in [6.45, 7) is 0.119. The Morgan fingerprint density at radius 3 is 2.59 bits per heavy atom. The van der Waals surface area contributed by atoms with Crippen molar-refractivity contribution in [2.24, 2.45) is 0 Å². The molecule has 0 radical (unpaired) electrons. The summed E-state index contributed by atoms with van der Waals surface area (Å²) >= 11 is 0. The smallest absolute Gasteiger partial charge is 0.293 e. The third kappa shape index (κ3) is 2.00. The summed E-state index contributed by atoms with van der Waals surface area (Å²) in [5.41, 5.74) is 0.931. The van der Waals surface area contributed by atoms with Crippen molar-refractivity contribution < 1.29 is 13.6 Å². The Kier molecular flexibility index (Phi) is 2.95. The first-order valence-electron chi connectivity index (χ1n) is 7.22. The maximum absolute atomic E-state index is 14.2. The molecule has 5 nitrogen and oxygen atoms in total. The van der Waals surface area contributed by atoms with E-state index in [1.807, 2.05) is 30.3 Å². The zero-order valence-electron chi connectivity index (χ0n) is 11.7. The largest absolute Gasteiger partial charge is 0.330 e. The quantitative estimate of drug-likeness (QED) is 0.853. The molecule has 1 aromatic carbocycles. The molecule has 22 heavy (non-hydrogen) atoms. The molecule has 0 unspecified atom stereocenters. The van der Waals surface area contributed by atoms with E-state index in [0.717, 1.165) is 5.56 Å². The normalized spacial score (nSPS) is 24.2. The van der Waals surface area contributed by atoms with Gasteiger partial charge in [-0.3, -0.25) is 4.79 Å². The highest BCUT2D eigenvalue weighted by molar-refractivity contribution is 5.91. The van der Waals surface area contributed by atoms with Gasteiger partial charge in [0, 0.05) is 6.42 Å². The number of carbonyl (C=O) groups excluding carboxylic acids is 1. The van der Waals surface area contributed by atoms with Crippen LogP contribution in [0.5, 0.6) is 0 Å². The predicted molar refractivity (Wildman–Crippen MR) is 73.9 cm³/mol. The number of amides is 1. The summed E-state index contributed by atoms with van der Waals surface area (Å²) in [7, 11) is 0. The molecule has 1 aromatic heterocycles. The number of aromatic nitrogens is 3. The fraction of sp³-hybridized carbons (Fsp3) is 0.400. The number of hydrogen-bond donors (Lipinski definition) is 0. The zero-order valence-corrected chi connectivity index (χ0v) is 11.7. The minimum absolute atomic E-state index is 0.0508. The number of halogens is 2. The van der Waals surface area contributed by atoms with Crippen LogP contribution in [0.3, 0.4) is 0 Å². The van der Waals surface area contributed by atoms with Gasteiger partial charge in [0.25, 0.3) is 5.91 Å². The van der Waals surface area contributed by atoms with Gasteiger partial charge in [-0.05, 0) is 5.56 Å². The predicted octanol–water partition coefficient (Wildman–Crippen LogP) is 2.08. The second kappa shape index (κ2) is 4.86. The molecule has 1 fully saturated rings. The molecule has 0 N–H and O–H groups in total. The van der Waals surface area contributed by atoms with Crippen LogP contribution in [0.2, 0.25) is 0 Å². The standard InChI is InChI=1S/C15H14F2N4O/c16-10-7-20(8-10)15(22)13-18-14-11(17)6-12(21(14)19-13)9-4-2-1-3-5-9/h1-5,10-12H,6-8H2/t11-,12+/m1/s1. The number of carbonyl (C=O) groups is 1. The van der Waals surface area contributed by atoms with Crippen LogP contribution in [0, 0.1) is 0 Å². The third-order valence-corrected chi connectivity index (χ3v) is 4.16. The summed E-state index contributed by atoms with van der Waals surface area (Å²) < 4.78 is 28.5. The highest BCUT2D eigenvalue weighted by Gasteiger charge is 2.39. The Morgan fingerprint density at radius 2 is 1.91 bits per heavy atom. The monoisotopic (exact) mass is 304 g/mol. The molecule has 2 atom stereocenters. The number of alkyl halides is 2. The van der Waals surface area contributed by atoms with E-state index < -0.39 is 18.3 Å². The first-order chi connectivity index (χ1) is 10.6. The van der Waals surface area contributed by atoms with Crippen LogP contribution < -0.4 is 0 Å². The van der Waals surface area contributed by atoms with Gasteiger partial charge in [0.15, 0.2) is 12.0 Å². The highest BCUT2D eigenvalue weighted by atomic mass is 19.1. The van der Waals surface area contributed by atoms with E-state index in [2.05, 4.69) is 10.1 Å². The van der Waals surface area contributed by atoms with Crippen molar-refractivity contribution in [2.45, 2.75) is 24.8 Å². The van der Waals surface area contributed by atoms with Crippen LogP contribution in [-0.4, -0.2) is 44.8 Å². The third-order valence-electron chi connectivity index (χ3n) is 4.16. The van der Waals surface area contributed by atoms with E-state index in [4.69, 9.17) is 0 Å². The van der Waals surface area contributed by atoms with Gasteiger partial charge in [0.1, 0.15) is 6.17 Å². The van der Waals surface area contributed by atoms with Crippen LogP contribution >= 0.6 is 0 Å². The molecule has 0 bridgehead atoms. The number of fused-ring (bicyclic) bond motifs is 1. The van der Waals surface area contributed by atoms with Gasteiger partial charge in [0.2, 0.25) is 5.82 Å². The molecule has 2 aromatic rings. The van der Waals surface area contributed by atoms with Gasteiger partial charge in [-0.1, -0.05) is 30.3 Å². The second-order valence-electron chi connectivity index (χ2n) is 5.68. The maximum atomic E-state index is 14.2. The van der Waals surface area contributed by atoms with E-state index in [1.165, 1.54) is 9.58 Å². The van der Waals surface area contributed by atoms with Gasteiger partial charge in [0.05, 0.1) is 19.1 Å². The Labute approximate surface area is 125 Å². The SMILES string of the molecule is O=C(c1nc2n(n1)[C@H](c1ccccc1)C[C@H]2F)N1CC(F)C1. The molecular formula is C15H14F2N4O. The van der Waals surface area contributed by atoms with Crippen molar-refractivity contribution in [1.82, 2.24) is 19.7 Å². The van der Waals surface area contributed by atoms with Crippen LogP contribution in [0.15, 0.2) is 30.3 Å². The lowest BCUT2D eigenvalue weighted by Crippen LogP contribution is -2.51. The molecule has 4 rings (SSSR count). The summed E-state index contributed by atoms with van der Waals surface area (Å²) in [4.78, 5) is 17.5. The lowest BCUT2D eigenvalue weighted by Gasteiger charge is -2.33. The van der Waals surface area contributed by atoms with Crippen molar-refractivity contribution in [2.75, 3.05) is 13.1 Å². The maximum Gasteiger partial charge on any atom is 0.293 e. The number of nitrogens with zero attached hydrogens (tertiary/aromatic N) is 4. The molecule has 2 aliphatic heterocycles. The Morgan fingerprint density at radius 1 is 1.18 bits per heavy atom. The molecule has 0 aliphatic carbocycles. The second-order valence-corrected chi connectivity index (χ2v) is 5.68. The molecule has 2 aliphatic rings. The molecule has 1 saturated heterocycles. The van der Waals surface area contributed by atoms with Crippen molar-refractivity contribution in [3.05, 3.63) is 47.5 Å². The minimum Gasteiger partial charge on any atom is -0.330 e. The number of likely N-dealkylation sites (tertiary alicyclic amines) is 1. The number of rotatable bonds is 2. The van der Waals surface area contributed by atoms with E-state index in [9.17, 15) is 13.6 Å². The van der Waals surface area contributed by atoms with Gasteiger partial charge < -0.3 is 4.90 Å². The molecule has 1 amide bonds. The summed E-state index contributed by atoms with van der Waals surface area (Å²) in [6.07, 6.45) is -1.96. The minimum atomic E-state index is -1.25. The van der Waals surface area contributed by atoms with Crippen LogP contribution in [0.4, 0.5) is 8.78 Å². The van der Waals surface area contributed by atoms with E-state index in [0.29, 0.717) is 0 Å². The fourth-order valence-corrected chi connectivity index (χ4v) is 2.95. The molecule has 3 heterocycles. The number of hydrogen-bond acceptors (Lipinski definition) is 3. The van der Waals surface area contributed by atoms with Crippen LogP contribution in [-0.2, 0) is 0 Å². The Bertz CT molecular complexity index is 712. The van der Waals surface area contributed by atoms with E-state index in [-0.39, 0.29) is 37.2 Å². The highest BCUT2D eigenvalue weighted by Crippen LogP contribution is 2.39. The Hall–Kier alpha value is -2.31. The first kappa shape index (κ1) is 13.4. The summed E-state index contributed by atoms with van der Waals surface area (Å²) in [5.74, 6) is -0.311. The lowest BCUT2D eigenvalue weighted by atomic mass is 10.0. The summed E-state index contributed by atoms with van der Waals surface area (Å²) in [6, 6.07) is 9.19. The van der Waals surface area contributed by atoms with E-state index in [1.54, 1.807) is 0 Å². The lowest BCUT2D eigenvalue weighted by molar-refractivity contribution is 0.0388. The van der Waals surface area contributed by atoms with Crippen molar-refractivity contribution in [3.8, 4) is 0 Å². The fourth-order valence-electron chi connectivity index (χ4n) is 2.95. The van der Waals surface area contributed by atoms with E-state index >= 15 is 0 Å². The topological polar surface area (TPSA) is 51.0 Å². The average molecular weight is 304 g/mol. The Balaban J connectivity index is 1.64. The molecule has 7 heteroatoms. The average Bonchev–Trinajstić information content (AvgIpc) is 3.05. The van der Waals surface area contributed by atoms with Crippen LogP contribution in [0.1, 0.15) is 40.6 Å². The molecule has 0 saturated carbocycles. The van der Waals surface area contributed by atoms with Crippen molar-refractivity contribution >= 4 is 5.91 Å².